The van der Waals surface area contributed by atoms with Crippen LogP contribution in [0.15, 0.2) is 17.1 Å². The van der Waals surface area contributed by atoms with Crippen molar-refractivity contribution in [3.05, 3.63) is 12.2 Å². The zero-order valence-electron chi connectivity index (χ0n) is 13.0. The minimum absolute atomic E-state index is 0. The molecule has 1 heterocycles. The first kappa shape index (κ1) is 17.8. The molecule has 2 aliphatic carbocycles. The topological polar surface area (TPSA) is 73.8 Å². The molecule has 0 aromatic heterocycles. The first-order valence-electron chi connectivity index (χ1n) is 7.59. The number of nitrogens with zero attached hydrogens (tertiary/aromatic N) is 2. The summed E-state index contributed by atoms with van der Waals surface area (Å²) in [4.78, 5) is 30.4. The van der Waals surface area contributed by atoms with Crippen LogP contribution in [-0.2, 0) is 9.59 Å². The largest absolute Gasteiger partial charge is 0.355 e. The number of rotatable bonds is 4. The fourth-order valence-corrected chi connectivity index (χ4v) is 3.83. The summed E-state index contributed by atoms with van der Waals surface area (Å²) in [5.74, 6) is 3.28. The van der Waals surface area contributed by atoms with E-state index in [1.807, 2.05) is 0 Å². The number of hydrogen-bond donors (Lipinski definition) is 2. The van der Waals surface area contributed by atoms with E-state index in [0.29, 0.717) is 25.6 Å². The van der Waals surface area contributed by atoms with Crippen molar-refractivity contribution in [1.29, 1.82) is 0 Å². The lowest BCUT2D eigenvalue weighted by molar-refractivity contribution is -0.140. The molecule has 4 unspecified atom stereocenters. The molecule has 0 spiro atoms. The lowest BCUT2D eigenvalue weighted by atomic mass is 9.85. The van der Waals surface area contributed by atoms with Gasteiger partial charge in [0.15, 0.2) is 5.96 Å². The van der Waals surface area contributed by atoms with E-state index in [4.69, 9.17) is 6.42 Å². The summed E-state index contributed by atoms with van der Waals surface area (Å²) in [7, 11) is 1.64. The number of guanidine groups is 1. The molecule has 23 heavy (non-hydrogen) atoms. The summed E-state index contributed by atoms with van der Waals surface area (Å²) in [5, 5.41) is 5.99. The normalized spacial score (nSPS) is 31.0. The maximum Gasteiger partial charge on any atom is 0.233 e. The van der Waals surface area contributed by atoms with Crippen molar-refractivity contribution < 1.29 is 9.59 Å². The van der Waals surface area contributed by atoms with Crippen LogP contribution in [-0.4, -0.2) is 49.4 Å². The molecule has 1 saturated carbocycles. The average molecular weight is 428 g/mol. The Balaban J connectivity index is 0.00000192. The molecule has 1 saturated heterocycles. The fraction of sp³-hybridized carbons (Fsp3) is 0.562. The smallest absolute Gasteiger partial charge is 0.233 e. The molecular formula is C16H21IN4O2. The van der Waals surface area contributed by atoms with Gasteiger partial charge in [0.25, 0.3) is 0 Å². The molecule has 2 bridgehead atoms. The van der Waals surface area contributed by atoms with Crippen LogP contribution >= 0.6 is 24.0 Å². The van der Waals surface area contributed by atoms with E-state index < -0.39 is 0 Å². The molecule has 0 radical (unpaired) electrons. The van der Waals surface area contributed by atoms with Gasteiger partial charge in [0.2, 0.25) is 11.8 Å². The first-order chi connectivity index (χ1) is 10.7. The van der Waals surface area contributed by atoms with Gasteiger partial charge in [-0.3, -0.25) is 19.5 Å². The predicted molar refractivity (Wildman–Crippen MR) is 98.0 cm³/mol. The second kappa shape index (κ2) is 7.34. The number of allylic oxidation sites excluding steroid dienone is 2. The molecule has 3 aliphatic rings. The lowest BCUT2D eigenvalue weighted by Gasteiger charge is -2.18. The van der Waals surface area contributed by atoms with E-state index >= 15 is 0 Å². The van der Waals surface area contributed by atoms with Crippen LogP contribution in [0.2, 0.25) is 0 Å². The van der Waals surface area contributed by atoms with Crippen molar-refractivity contribution in [3.63, 3.8) is 0 Å². The number of fused-ring (bicyclic) bond motifs is 5. The van der Waals surface area contributed by atoms with Gasteiger partial charge in [-0.25, -0.2) is 0 Å². The van der Waals surface area contributed by atoms with E-state index in [0.717, 1.165) is 6.42 Å². The van der Waals surface area contributed by atoms with Gasteiger partial charge < -0.3 is 10.6 Å². The number of carbonyl (C=O) groups excluding carboxylic acids is 2. The van der Waals surface area contributed by atoms with Crippen molar-refractivity contribution in [2.24, 2.45) is 28.7 Å². The predicted octanol–water partition coefficient (Wildman–Crippen LogP) is 0.210. The van der Waals surface area contributed by atoms with Crippen LogP contribution in [0.4, 0.5) is 0 Å². The molecule has 1 aliphatic heterocycles. The summed E-state index contributed by atoms with van der Waals surface area (Å²) >= 11 is 0. The summed E-state index contributed by atoms with van der Waals surface area (Å²) in [6, 6.07) is 0. The SMILES string of the molecule is C#CCNC(=NC)NCCN1C(=O)C2C3C=CC(C3)C2C1=O.I. The van der Waals surface area contributed by atoms with E-state index in [9.17, 15) is 9.59 Å². The van der Waals surface area contributed by atoms with Crippen molar-refractivity contribution >= 4 is 41.8 Å². The maximum absolute atomic E-state index is 12.5. The van der Waals surface area contributed by atoms with E-state index in [2.05, 4.69) is 33.7 Å². The molecule has 0 aromatic carbocycles. The van der Waals surface area contributed by atoms with Crippen LogP contribution in [0.25, 0.3) is 0 Å². The molecule has 2 amide bonds. The lowest BCUT2D eigenvalue weighted by Crippen LogP contribution is -2.43. The number of amides is 2. The van der Waals surface area contributed by atoms with E-state index in [1.54, 1.807) is 7.05 Å². The van der Waals surface area contributed by atoms with Crippen molar-refractivity contribution in [3.8, 4) is 12.3 Å². The molecule has 6 nitrogen and oxygen atoms in total. The molecule has 3 rings (SSSR count). The minimum atomic E-state index is -0.124. The fourth-order valence-electron chi connectivity index (χ4n) is 3.83. The summed E-state index contributed by atoms with van der Waals surface area (Å²) < 4.78 is 0. The average Bonchev–Trinajstić information content (AvgIpc) is 3.19. The number of terminal acetylenes is 1. The number of carbonyl (C=O) groups is 2. The Morgan fingerprint density at radius 1 is 1.30 bits per heavy atom. The van der Waals surface area contributed by atoms with Crippen LogP contribution in [0, 0.1) is 36.0 Å². The monoisotopic (exact) mass is 428 g/mol. The number of likely N-dealkylation sites (tertiary alicyclic amines) is 1. The van der Waals surface area contributed by atoms with E-state index in [1.165, 1.54) is 4.90 Å². The Morgan fingerprint density at radius 3 is 2.43 bits per heavy atom. The highest BCUT2D eigenvalue weighted by molar-refractivity contribution is 14.0. The van der Waals surface area contributed by atoms with Gasteiger partial charge in [0.1, 0.15) is 0 Å². The van der Waals surface area contributed by atoms with Gasteiger partial charge in [0.05, 0.1) is 18.4 Å². The highest BCUT2D eigenvalue weighted by Crippen LogP contribution is 2.52. The molecule has 4 atom stereocenters. The molecule has 2 N–H and O–H groups in total. The van der Waals surface area contributed by atoms with E-state index in [-0.39, 0.29) is 59.5 Å². The number of hydrogen-bond acceptors (Lipinski definition) is 3. The summed E-state index contributed by atoms with van der Waals surface area (Å²) in [5.41, 5.74) is 0. The number of nitrogens with one attached hydrogen (secondary N) is 2. The Morgan fingerprint density at radius 2 is 1.91 bits per heavy atom. The molecule has 2 fully saturated rings. The van der Waals surface area contributed by atoms with Crippen molar-refractivity contribution in [1.82, 2.24) is 15.5 Å². The van der Waals surface area contributed by atoms with Crippen LogP contribution in [0.5, 0.6) is 0 Å². The second-order valence-corrected chi connectivity index (χ2v) is 5.88. The highest BCUT2D eigenvalue weighted by Gasteiger charge is 2.58. The maximum atomic E-state index is 12.5. The van der Waals surface area contributed by atoms with Gasteiger partial charge in [0, 0.05) is 20.1 Å². The van der Waals surface area contributed by atoms with Crippen molar-refractivity contribution in [2.45, 2.75) is 6.42 Å². The van der Waals surface area contributed by atoms with Crippen LogP contribution in [0.1, 0.15) is 6.42 Å². The summed E-state index contributed by atoms with van der Waals surface area (Å²) in [6.07, 6.45) is 10.3. The standard InChI is InChI=1S/C16H20N4O2.HI/c1-3-6-18-16(17-2)19-7-8-20-14(21)12-10-4-5-11(9-10)13(12)15(20)22;/h1,4-5,10-13H,6-9H2,2H3,(H2,17,18,19);1H. The van der Waals surface area contributed by atoms with Gasteiger partial charge in [-0.1, -0.05) is 18.1 Å². The van der Waals surface area contributed by atoms with Gasteiger partial charge in [-0.05, 0) is 18.3 Å². The number of aliphatic imine (C=N–C) groups is 1. The summed E-state index contributed by atoms with van der Waals surface area (Å²) in [6.45, 7) is 1.20. The molecular weight excluding hydrogens is 407 g/mol. The van der Waals surface area contributed by atoms with Gasteiger partial charge in [-0.15, -0.1) is 30.4 Å². The Kier molecular flexibility index (Phi) is 5.68. The third kappa shape index (κ3) is 3.09. The van der Waals surface area contributed by atoms with Crippen LogP contribution < -0.4 is 10.6 Å². The third-order valence-corrected chi connectivity index (χ3v) is 4.77. The zero-order chi connectivity index (χ0) is 15.7. The number of imide groups is 1. The Hall–Kier alpha value is -1.56. The Bertz CT molecular complexity index is 565. The molecule has 0 aromatic rings. The van der Waals surface area contributed by atoms with Crippen LogP contribution in [0.3, 0.4) is 0 Å². The highest BCUT2D eigenvalue weighted by atomic mass is 127. The zero-order valence-corrected chi connectivity index (χ0v) is 15.3. The molecule has 124 valence electrons. The Labute approximate surface area is 153 Å². The number of halogens is 1. The molecule has 7 heteroatoms. The third-order valence-electron chi connectivity index (χ3n) is 4.77. The van der Waals surface area contributed by atoms with Gasteiger partial charge in [-0.2, -0.15) is 0 Å². The quantitative estimate of drug-likeness (QED) is 0.168. The second-order valence-electron chi connectivity index (χ2n) is 5.88. The van der Waals surface area contributed by atoms with Crippen molar-refractivity contribution in [2.75, 3.05) is 26.7 Å². The minimum Gasteiger partial charge on any atom is -0.355 e. The van der Waals surface area contributed by atoms with Gasteiger partial charge >= 0.3 is 0 Å². The first-order valence-corrected chi connectivity index (χ1v) is 7.59.